The lowest BCUT2D eigenvalue weighted by Gasteiger charge is -2.06. The van der Waals surface area contributed by atoms with E-state index < -0.39 is 4.92 Å². The van der Waals surface area contributed by atoms with Crippen molar-refractivity contribution in [2.45, 2.75) is 6.54 Å². The molecule has 0 unspecified atom stereocenters. The van der Waals surface area contributed by atoms with Crippen LogP contribution in [-0.4, -0.2) is 26.9 Å². The second kappa shape index (κ2) is 5.36. The van der Waals surface area contributed by atoms with Crippen molar-refractivity contribution < 1.29 is 4.92 Å². The van der Waals surface area contributed by atoms with E-state index in [9.17, 15) is 10.1 Å². The number of aromatic nitrogens is 3. The average Bonchev–Trinajstić information content (AvgIpc) is 2.88. The predicted octanol–water partition coefficient (Wildman–Crippen LogP) is 1.50. The van der Waals surface area contributed by atoms with Gasteiger partial charge in [0.2, 0.25) is 11.6 Å². The van der Waals surface area contributed by atoms with Crippen LogP contribution < -0.4 is 10.6 Å². The monoisotopic (exact) mass is 266 g/mol. The molecular formula is C9H10N6O2S. The molecule has 2 heterocycles. The molecule has 2 N–H and O–H groups in total. The molecule has 0 spiro atoms. The number of nitrogens with one attached hydrogen (secondary N) is 2. The van der Waals surface area contributed by atoms with Gasteiger partial charge in [0.05, 0.1) is 11.5 Å². The van der Waals surface area contributed by atoms with Crippen molar-refractivity contribution in [3.8, 4) is 0 Å². The summed E-state index contributed by atoms with van der Waals surface area (Å²) < 4.78 is 0. The molecule has 0 atom stereocenters. The zero-order valence-electron chi connectivity index (χ0n) is 9.45. The highest BCUT2D eigenvalue weighted by Crippen LogP contribution is 2.28. The van der Waals surface area contributed by atoms with Crippen LogP contribution in [0.4, 0.5) is 17.3 Å². The Kier molecular flexibility index (Phi) is 3.63. The van der Waals surface area contributed by atoms with Crippen LogP contribution in [0.2, 0.25) is 0 Å². The molecule has 0 aliphatic carbocycles. The third-order valence-electron chi connectivity index (χ3n) is 2.13. The maximum atomic E-state index is 11.0. The number of thiazole rings is 1. The molecule has 2 rings (SSSR count). The van der Waals surface area contributed by atoms with Crippen LogP contribution in [0.15, 0.2) is 17.9 Å². The Labute approximate surface area is 106 Å². The molecule has 8 nitrogen and oxygen atoms in total. The van der Waals surface area contributed by atoms with Crippen LogP contribution in [0, 0.1) is 10.1 Å². The van der Waals surface area contributed by atoms with E-state index in [4.69, 9.17) is 0 Å². The summed E-state index contributed by atoms with van der Waals surface area (Å²) in [6.07, 6.45) is 2.94. The molecule has 94 valence electrons. The molecule has 2 aromatic heterocycles. The molecule has 0 radical (unpaired) electrons. The molecule has 0 amide bonds. The second-order valence-electron chi connectivity index (χ2n) is 3.21. The summed E-state index contributed by atoms with van der Waals surface area (Å²) in [5, 5.41) is 19.2. The number of nitro groups is 1. The van der Waals surface area contributed by atoms with Gasteiger partial charge in [-0.3, -0.25) is 10.1 Å². The Bertz CT molecular complexity index is 544. The van der Waals surface area contributed by atoms with Crippen LogP contribution in [0.3, 0.4) is 0 Å². The van der Waals surface area contributed by atoms with E-state index in [1.807, 2.05) is 5.38 Å². The quantitative estimate of drug-likeness (QED) is 0.623. The second-order valence-corrected chi connectivity index (χ2v) is 4.19. The van der Waals surface area contributed by atoms with E-state index in [0.29, 0.717) is 6.54 Å². The van der Waals surface area contributed by atoms with Gasteiger partial charge in [-0.2, -0.15) is 0 Å². The van der Waals surface area contributed by atoms with Crippen LogP contribution in [0.5, 0.6) is 0 Å². The molecule has 2 aromatic rings. The molecule has 0 aromatic carbocycles. The number of hydrogen-bond acceptors (Lipinski definition) is 8. The summed E-state index contributed by atoms with van der Waals surface area (Å²) in [7, 11) is 1.57. The van der Waals surface area contributed by atoms with E-state index in [-0.39, 0.29) is 17.3 Å². The van der Waals surface area contributed by atoms with E-state index in [2.05, 4.69) is 25.6 Å². The lowest BCUT2D eigenvalue weighted by Crippen LogP contribution is -2.08. The fraction of sp³-hybridized carbons (Fsp3) is 0.222. The smallest absolute Gasteiger partial charge is 0.353 e. The van der Waals surface area contributed by atoms with Gasteiger partial charge in [0.25, 0.3) is 0 Å². The summed E-state index contributed by atoms with van der Waals surface area (Å²) in [6, 6.07) is 0. The fourth-order valence-electron chi connectivity index (χ4n) is 1.36. The van der Waals surface area contributed by atoms with Crippen molar-refractivity contribution in [3.05, 3.63) is 33.0 Å². The maximum absolute atomic E-state index is 11.0. The van der Waals surface area contributed by atoms with Gasteiger partial charge >= 0.3 is 5.69 Å². The SMILES string of the molecule is CNc1ncnc(NCc2nccs2)c1[N+](=O)[O-]. The largest absolute Gasteiger partial charge is 0.367 e. The van der Waals surface area contributed by atoms with Crippen LogP contribution in [0.1, 0.15) is 5.01 Å². The Morgan fingerprint density at radius 1 is 1.39 bits per heavy atom. The van der Waals surface area contributed by atoms with E-state index >= 15 is 0 Å². The standard InChI is InChI=1S/C9H10N6O2S/c1-10-8-7(15(16)17)9(14-5-13-8)12-4-6-11-2-3-18-6/h2-3,5H,4H2,1H3,(H2,10,12,13,14). The molecular weight excluding hydrogens is 256 g/mol. The van der Waals surface area contributed by atoms with Crippen molar-refractivity contribution >= 4 is 28.7 Å². The Hall–Kier alpha value is -2.29. The highest BCUT2D eigenvalue weighted by Gasteiger charge is 2.21. The molecule has 9 heteroatoms. The topological polar surface area (TPSA) is 106 Å². The van der Waals surface area contributed by atoms with Crippen molar-refractivity contribution in [3.63, 3.8) is 0 Å². The van der Waals surface area contributed by atoms with Gasteiger partial charge in [-0.1, -0.05) is 0 Å². The predicted molar refractivity (Wildman–Crippen MR) is 67.7 cm³/mol. The van der Waals surface area contributed by atoms with Gasteiger partial charge in [-0.25, -0.2) is 15.0 Å². The lowest BCUT2D eigenvalue weighted by atomic mass is 10.4. The number of hydrogen-bond donors (Lipinski definition) is 2. The first kappa shape index (κ1) is 12.2. The molecule has 0 saturated heterocycles. The number of nitrogens with zero attached hydrogens (tertiary/aromatic N) is 4. The van der Waals surface area contributed by atoms with E-state index in [1.54, 1.807) is 13.2 Å². The summed E-state index contributed by atoms with van der Waals surface area (Å²) >= 11 is 1.46. The van der Waals surface area contributed by atoms with Crippen molar-refractivity contribution in [1.29, 1.82) is 0 Å². The zero-order valence-corrected chi connectivity index (χ0v) is 10.3. The van der Waals surface area contributed by atoms with Crippen molar-refractivity contribution in [2.24, 2.45) is 0 Å². The first-order chi connectivity index (χ1) is 8.72. The third kappa shape index (κ3) is 2.51. The first-order valence-corrected chi connectivity index (χ1v) is 5.89. The van der Waals surface area contributed by atoms with Gasteiger partial charge in [-0.05, 0) is 0 Å². The fourth-order valence-corrected chi connectivity index (χ4v) is 1.92. The summed E-state index contributed by atoms with van der Waals surface area (Å²) in [5.74, 6) is 0.353. The van der Waals surface area contributed by atoms with Gasteiger partial charge in [0.15, 0.2) is 0 Å². The summed E-state index contributed by atoms with van der Waals surface area (Å²) in [6.45, 7) is 0.388. The van der Waals surface area contributed by atoms with Crippen LogP contribution in [-0.2, 0) is 6.54 Å². The van der Waals surface area contributed by atoms with E-state index in [1.165, 1.54) is 17.7 Å². The molecule has 0 bridgehead atoms. The average molecular weight is 266 g/mol. The van der Waals surface area contributed by atoms with E-state index in [0.717, 1.165) is 5.01 Å². The molecule has 0 fully saturated rings. The molecule has 0 aliphatic rings. The maximum Gasteiger partial charge on any atom is 0.353 e. The number of anilines is 2. The van der Waals surface area contributed by atoms with Crippen LogP contribution in [0.25, 0.3) is 0 Å². The zero-order chi connectivity index (χ0) is 13.0. The van der Waals surface area contributed by atoms with Gasteiger partial charge in [-0.15, -0.1) is 11.3 Å². The van der Waals surface area contributed by atoms with Gasteiger partial charge in [0, 0.05) is 18.6 Å². The minimum absolute atomic E-state index is 0.170. The minimum Gasteiger partial charge on any atom is -0.367 e. The first-order valence-electron chi connectivity index (χ1n) is 5.01. The van der Waals surface area contributed by atoms with Crippen molar-refractivity contribution in [2.75, 3.05) is 17.7 Å². The molecule has 18 heavy (non-hydrogen) atoms. The highest BCUT2D eigenvalue weighted by atomic mass is 32.1. The number of rotatable bonds is 5. The summed E-state index contributed by atoms with van der Waals surface area (Å²) in [4.78, 5) is 22.2. The normalized spacial score (nSPS) is 10.1. The lowest BCUT2D eigenvalue weighted by molar-refractivity contribution is -0.383. The Morgan fingerprint density at radius 3 is 2.78 bits per heavy atom. The van der Waals surface area contributed by atoms with Crippen LogP contribution >= 0.6 is 11.3 Å². The van der Waals surface area contributed by atoms with Crippen molar-refractivity contribution in [1.82, 2.24) is 15.0 Å². The molecule has 0 saturated carbocycles. The van der Waals surface area contributed by atoms with Gasteiger partial charge < -0.3 is 10.6 Å². The summed E-state index contributed by atoms with van der Waals surface area (Å²) in [5.41, 5.74) is -0.170. The molecule has 0 aliphatic heterocycles. The Morgan fingerprint density at radius 2 is 2.17 bits per heavy atom. The highest BCUT2D eigenvalue weighted by molar-refractivity contribution is 7.09. The van der Waals surface area contributed by atoms with Gasteiger partial charge in [0.1, 0.15) is 11.3 Å². The third-order valence-corrected chi connectivity index (χ3v) is 2.91. The Balaban J connectivity index is 2.24. The minimum atomic E-state index is -0.518.